The number of aryl methyl sites for hydroxylation is 1. The van der Waals surface area contributed by atoms with Crippen LogP contribution in [0.2, 0.25) is 0 Å². The number of nitrogens with one attached hydrogen (secondary N) is 1. The molecular weight excluding hydrogens is 240 g/mol. The van der Waals surface area contributed by atoms with Crippen LogP contribution in [0.15, 0.2) is 24.3 Å². The Morgan fingerprint density at radius 1 is 1.47 bits per heavy atom. The highest BCUT2D eigenvalue weighted by atomic mass is 16.5. The Hall–Kier alpha value is -1.55. The van der Waals surface area contributed by atoms with E-state index in [2.05, 4.69) is 48.3 Å². The van der Waals surface area contributed by atoms with Gasteiger partial charge in [-0.1, -0.05) is 18.2 Å². The number of hydrogen-bond acceptors (Lipinski definition) is 4. The first kappa shape index (κ1) is 13.9. The van der Waals surface area contributed by atoms with Crippen LogP contribution in [-0.4, -0.2) is 38.3 Å². The van der Waals surface area contributed by atoms with Gasteiger partial charge in [0.2, 0.25) is 0 Å². The molecule has 2 rings (SSSR count). The first-order valence-corrected chi connectivity index (χ1v) is 6.74. The van der Waals surface area contributed by atoms with Gasteiger partial charge >= 0.3 is 5.97 Å². The molecule has 0 spiro atoms. The molecule has 19 heavy (non-hydrogen) atoms. The maximum absolute atomic E-state index is 11.4. The summed E-state index contributed by atoms with van der Waals surface area (Å²) in [5.41, 5.74) is 2.53. The fourth-order valence-electron chi connectivity index (χ4n) is 2.57. The number of rotatable bonds is 3. The Labute approximate surface area is 114 Å². The summed E-state index contributed by atoms with van der Waals surface area (Å²) in [6.07, 6.45) is 0.422. The average Bonchev–Trinajstić information content (AvgIpc) is 2.41. The summed E-state index contributed by atoms with van der Waals surface area (Å²) < 4.78 is 4.75. The van der Waals surface area contributed by atoms with E-state index in [-0.39, 0.29) is 12.0 Å². The molecule has 0 saturated carbocycles. The summed E-state index contributed by atoms with van der Waals surface area (Å²) in [5.74, 6) is -0.156. The van der Waals surface area contributed by atoms with Crippen molar-refractivity contribution < 1.29 is 9.53 Å². The van der Waals surface area contributed by atoms with Crippen molar-refractivity contribution in [3.8, 4) is 0 Å². The number of hydrogen-bond donors (Lipinski definition) is 1. The van der Waals surface area contributed by atoms with Gasteiger partial charge in [-0.25, -0.2) is 0 Å². The molecule has 1 heterocycles. The van der Waals surface area contributed by atoms with Crippen LogP contribution in [0.3, 0.4) is 0 Å². The second kappa shape index (κ2) is 6.06. The number of piperazine rings is 1. The van der Waals surface area contributed by atoms with E-state index in [1.165, 1.54) is 18.4 Å². The van der Waals surface area contributed by atoms with Crippen molar-refractivity contribution in [3.05, 3.63) is 29.8 Å². The zero-order chi connectivity index (χ0) is 13.8. The second-order valence-electron chi connectivity index (χ2n) is 5.17. The van der Waals surface area contributed by atoms with Gasteiger partial charge in [0, 0.05) is 30.9 Å². The number of benzene rings is 1. The van der Waals surface area contributed by atoms with E-state index in [9.17, 15) is 4.79 Å². The molecule has 4 nitrogen and oxygen atoms in total. The Kier molecular flexibility index (Phi) is 4.43. The monoisotopic (exact) mass is 262 g/mol. The fraction of sp³-hybridized carbons (Fsp3) is 0.533. The maximum Gasteiger partial charge on any atom is 0.307 e. The largest absolute Gasteiger partial charge is 0.469 e. The summed E-state index contributed by atoms with van der Waals surface area (Å²) in [6, 6.07) is 8.97. The fourth-order valence-corrected chi connectivity index (χ4v) is 2.57. The smallest absolute Gasteiger partial charge is 0.307 e. The lowest BCUT2D eigenvalue weighted by atomic mass is 10.0. The third-order valence-corrected chi connectivity index (χ3v) is 3.72. The lowest BCUT2D eigenvalue weighted by Crippen LogP contribution is -2.56. The molecule has 1 aromatic rings. The van der Waals surface area contributed by atoms with E-state index >= 15 is 0 Å². The van der Waals surface area contributed by atoms with Crippen LogP contribution in [0.5, 0.6) is 0 Å². The highest BCUT2D eigenvalue weighted by Gasteiger charge is 2.27. The molecule has 2 atom stereocenters. The van der Waals surface area contributed by atoms with Gasteiger partial charge in [0.05, 0.1) is 13.5 Å². The van der Waals surface area contributed by atoms with Gasteiger partial charge in [-0.2, -0.15) is 0 Å². The van der Waals surface area contributed by atoms with Gasteiger partial charge in [0.25, 0.3) is 0 Å². The first-order valence-electron chi connectivity index (χ1n) is 6.74. The number of para-hydroxylation sites is 1. The number of carbonyl (C=O) groups excluding carboxylic acids is 1. The quantitative estimate of drug-likeness (QED) is 0.842. The molecule has 1 aliphatic rings. The highest BCUT2D eigenvalue weighted by Crippen LogP contribution is 2.24. The molecule has 1 fully saturated rings. The molecule has 0 radical (unpaired) electrons. The Balaban J connectivity index is 2.11. The zero-order valence-electron chi connectivity index (χ0n) is 11.8. The predicted molar refractivity (Wildman–Crippen MR) is 76.4 cm³/mol. The van der Waals surface area contributed by atoms with Crippen molar-refractivity contribution in [2.75, 3.05) is 25.1 Å². The lowest BCUT2D eigenvalue weighted by molar-refractivity contribution is -0.141. The summed E-state index contributed by atoms with van der Waals surface area (Å²) in [4.78, 5) is 13.8. The molecule has 1 aliphatic heterocycles. The molecule has 4 heteroatoms. The molecular formula is C15H22N2O2. The number of esters is 1. The summed E-state index contributed by atoms with van der Waals surface area (Å²) in [7, 11) is 1.44. The SMILES string of the molecule is COC(=O)CC1CN(c2ccccc2C)C(C)CN1. The Morgan fingerprint density at radius 2 is 2.21 bits per heavy atom. The van der Waals surface area contributed by atoms with Crippen LogP contribution in [0.1, 0.15) is 18.9 Å². The van der Waals surface area contributed by atoms with Gasteiger partial charge in [-0.15, -0.1) is 0 Å². The molecule has 0 bridgehead atoms. The van der Waals surface area contributed by atoms with E-state index in [0.717, 1.165) is 13.1 Å². The van der Waals surface area contributed by atoms with Crippen molar-refractivity contribution in [1.82, 2.24) is 5.32 Å². The van der Waals surface area contributed by atoms with Crippen molar-refractivity contribution >= 4 is 11.7 Å². The van der Waals surface area contributed by atoms with E-state index < -0.39 is 0 Å². The third-order valence-electron chi connectivity index (χ3n) is 3.72. The lowest BCUT2D eigenvalue weighted by Gasteiger charge is -2.40. The number of ether oxygens (including phenoxy) is 1. The van der Waals surface area contributed by atoms with E-state index in [1.807, 2.05) is 0 Å². The normalized spacial score (nSPS) is 23.2. The Bertz CT molecular complexity index is 448. The average molecular weight is 262 g/mol. The molecule has 0 amide bonds. The van der Waals surface area contributed by atoms with E-state index in [0.29, 0.717) is 12.5 Å². The summed E-state index contributed by atoms with van der Waals surface area (Å²) >= 11 is 0. The minimum atomic E-state index is -0.156. The van der Waals surface area contributed by atoms with Crippen molar-refractivity contribution in [1.29, 1.82) is 0 Å². The number of nitrogens with zero attached hydrogens (tertiary/aromatic N) is 1. The molecule has 1 N–H and O–H groups in total. The Morgan fingerprint density at radius 3 is 2.89 bits per heavy atom. The first-order chi connectivity index (χ1) is 9.11. The van der Waals surface area contributed by atoms with Crippen molar-refractivity contribution in [3.63, 3.8) is 0 Å². The maximum atomic E-state index is 11.4. The third kappa shape index (κ3) is 3.26. The van der Waals surface area contributed by atoms with Crippen LogP contribution in [0, 0.1) is 6.92 Å². The van der Waals surface area contributed by atoms with Gasteiger partial charge in [0.1, 0.15) is 0 Å². The predicted octanol–water partition coefficient (Wildman–Crippen LogP) is 1.72. The van der Waals surface area contributed by atoms with Crippen molar-refractivity contribution in [2.45, 2.75) is 32.4 Å². The van der Waals surface area contributed by atoms with Crippen LogP contribution < -0.4 is 10.2 Å². The molecule has 0 aromatic heterocycles. The van der Waals surface area contributed by atoms with Crippen molar-refractivity contribution in [2.24, 2.45) is 0 Å². The molecule has 1 saturated heterocycles. The number of anilines is 1. The number of carbonyl (C=O) groups is 1. The minimum Gasteiger partial charge on any atom is -0.469 e. The highest BCUT2D eigenvalue weighted by molar-refractivity contribution is 5.70. The minimum absolute atomic E-state index is 0.156. The van der Waals surface area contributed by atoms with Gasteiger partial charge in [-0.3, -0.25) is 4.79 Å². The van der Waals surface area contributed by atoms with E-state index in [1.54, 1.807) is 0 Å². The summed E-state index contributed by atoms with van der Waals surface area (Å²) in [6.45, 7) is 6.05. The van der Waals surface area contributed by atoms with Gasteiger partial charge in [-0.05, 0) is 25.5 Å². The molecule has 104 valence electrons. The molecule has 1 aromatic carbocycles. The van der Waals surface area contributed by atoms with Gasteiger partial charge < -0.3 is 15.0 Å². The number of methoxy groups -OCH3 is 1. The van der Waals surface area contributed by atoms with Crippen LogP contribution in [-0.2, 0) is 9.53 Å². The molecule has 0 aliphatic carbocycles. The van der Waals surface area contributed by atoms with Crippen LogP contribution in [0.4, 0.5) is 5.69 Å². The van der Waals surface area contributed by atoms with E-state index in [4.69, 9.17) is 4.74 Å². The van der Waals surface area contributed by atoms with Crippen LogP contribution >= 0.6 is 0 Å². The second-order valence-corrected chi connectivity index (χ2v) is 5.17. The summed E-state index contributed by atoms with van der Waals surface area (Å²) in [5, 5.41) is 3.41. The molecule has 2 unspecified atom stereocenters. The zero-order valence-corrected chi connectivity index (χ0v) is 11.8. The standard InChI is InChI=1S/C15H22N2O2/c1-11-6-4-5-7-14(11)17-10-13(8-15(18)19-3)16-9-12(17)2/h4-7,12-13,16H,8-10H2,1-3H3. The van der Waals surface area contributed by atoms with Gasteiger partial charge in [0.15, 0.2) is 0 Å². The van der Waals surface area contributed by atoms with Crippen LogP contribution in [0.25, 0.3) is 0 Å². The topological polar surface area (TPSA) is 41.6 Å².